The number of aliphatic hydroxyl groups excluding tert-OH is 3. The summed E-state index contributed by atoms with van der Waals surface area (Å²) < 4.78 is 162. The molecule has 11 saturated heterocycles. The third-order valence-electron chi connectivity index (χ3n) is 21.7. The zero-order chi connectivity index (χ0) is 73.6. The molecule has 0 bridgehead atoms. The van der Waals surface area contributed by atoms with Crippen molar-refractivity contribution in [1.82, 2.24) is 5.23 Å². The van der Waals surface area contributed by atoms with E-state index in [1.807, 2.05) is 0 Å². The van der Waals surface area contributed by atoms with E-state index in [4.69, 9.17) is 146 Å². The van der Waals surface area contributed by atoms with Gasteiger partial charge in [-0.05, 0) is 73.4 Å². The summed E-state index contributed by atoms with van der Waals surface area (Å²) in [6, 6.07) is 0. The van der Waals surface area contributed by atoms with Gasteiger partial charge >= 0.3 is 11.9 Å². The van der Waals surface area contributed by atoms with Crippen molar-refractivity contribution < 1.29 is 159 Å². The highest BCUT2D eigenvalue weighted by Crippen LogP contribution is 2.51. The average molecular weight is 1510 g/mol. The van der Waals surface area contributed by atoms with Gasteiger partial charge in [-0.1, -0.05) is 23.2 Å². The quantitative estimate of drug-likeness (QED) is 0.0752. The Kier molecular flexibility index (Phi) is 24.6. The standard InChI is InChI=1S/C65H98Cl2NO34/c1-24-40(25(2)42(67)43(70)41(24)66)58(73)95-47-26(3)87-37(16-33(47)91-39-19-62(9,68(75)76)55(82-15)30(7)89-39)93-46-29(6)98-64(18-32(46)69)99-34-17-38(88-27(4)48(34)101-64)94-52-45(72)59(90-28(5)49(52)79-12)96-50-35(20-77-10)92-61(53(80-13)44(50)71)97-60-54(81-14)51-36(21-83-60)100-65(102-51)57-56(84-23-85-57)63(74,22-86-65)31(8)78-11/h26-39,44-57,59-61,69-72,74-75H,16-23H2,1-15H3/q-1. The highest BCUT2D eigenvalue weighted by atomic mass is 35.5. The number of phenolic OH excluding ortho intramolecular Hbond substituents is 1. The Morgan fingerprint density at radius 2 is 1.29 bits per heavy atom. The molecule has 102 heavy (non-hydrogen) atoms. The van der Waals surface area contributed by atoms with Crippen LogP contribution < -0.4 is 0 Å². The number of halogens is 2. The Balaban J connectivity index is 0.678. The monoisotopic (exact) mass is 1510 g/mol. The van der Waals surface area contributed by atoms with Gasteiger partial charge in [-0.25, -0.2) is 4.79 Å². The van der Waals surface area contributed by atoms with Crippen LogP contribution in [0.2, 0.25) is 10.0 Å². The van der Waals surface area contributed by atoms with Crippen LogP contribution >= 0.6 is 23.2 Å². The first-order valence-corrected chi connectivity index (χ1v) is 35.0. The molecule has 1 aromatic rings. The van der Waals surface area contributed by atoms with Crippen LogP contribution in [0.1, 0.15) is 95.6 Å². The number of nitrogens with zero attached hydrogens (tertiary/aromatic N) is 1. The fourth-order valence-corrected chi connectivity index (χ4v) is 16.7. The maximum Gasteiger partial charge on any atom is 0.339 e. The number of fused-ring (bicyclic) bond motifs is 4. The normalized spacial score (nSPS) is 48.5. The van der Waals surface area contributed by atoms with Crippen molar-refractivity contribution >= 4 is 29.2 Å². The summed E-state index contributed by atoms with van der Waals surface area (Å²) in [5.74, 6) is -4.90. The number of esters is 1. The zero-order valence-electron chi connectivity index (χ0n) is 59.4. The van der Waals surface area contributed by atoms with Crippen LogP contribution in [0, 0.1) is 19.1 Å². The van der Waals surface area contributed by atoms with Crippen LogP contribution in [0.5, 0.6) is 5.75 Å². The molecule has 0 radical (unpaired) electrons. The number of hydrogen-bond acceptors (Lipinski definition) is 35. The van der Waals surface area contributed by atoms with E-state index < -0.39 is 225 Å². The lowest BCUT2D eigenvalue weighted by Gasteiger charge is -2.53. The van der Waals surface area contributed by atoms with Crippen molar-refractivity contribution in [3.8, 4) is 5.75 Å². The number of aliphatic hydroxyl groups is 4. The third-order valence-corrected chi connectivity index (χ3v) is 22.6. The SMILES string of the molecule is COCC1OC(OC2OCC3OC4(OCC(O)(C(C)OC)C5OCOC54)OC3C2OC)C(OC)C(O)C1OC1OC(C)C(OC)C(OC2CC3OC4(CC(O)C(OC5CC(OC6CC(C)(N([O-])O)C(OC)C(C)O6)C(OC(=O)c6c(C)c(Cl)c(O)c(Cl)c6C)C(C)O5)C(C)O4)OC3C(C)O2)C1O. The number of methoxy groups -OCH3 is 6. The lowest BCUT2D eigenvalue weighted by molar-refractivity contribution is -0.422. The number of phenols is 1. The number of hydrogen-bond donors (Lipinski definition) is 6. The molecule has 0 saturated carbocycles. The summed E-state index contributed by atoms with van der Waals surface area (Å²) in [7, 11) is 8.48. The Bertz CT molecular complexity index is 2980. The minimum atomic E-state index is -1.82. The van der Waals surface area contributed by atoms with E-state index in [-0.39, 0.29) is 84.3 Å². The first-order valence-electron chi connectivity index (χ1n) is 34.3. The summed E-state index contributed by atoms with van der Waals surface area (Å²) in [5.41, 5.74) is -2.73. The van der Waals surface area contributed by atoms with Gasteiger partial charge in [0.25, 0.3) is 5.97 Å². The summed E-state index contributed by atoms with van der Waals surface area (Å²) in [5, 5.41) is 81.4. The molecule has 35 atom stereocenters. The van der Waals surface area contributed by atoms with Crippen LogP contribution in [-0.4, -0.2) is 325 Å². The van der Waals surface area contributed by atoms with E-state index in [1.165, 1.54) is 63.4 Å². The Hall–Kier alpha value is -2.21. The minimum Gasteiger partial charge on any atom is -0.762 e. The molecule has 2 spiro atoms. The van der Waals surface area contributed by atoms with Crippen molar-refractivity contribution in [1.29, 1.82) is 0 Å². The van der Waals surface area contributed by atoms with Gasteiger partial charge in [0.2, 0.25) is 0 Å². The highest BCUT2D eigenvalue weighted by molar-refractivity contribution is 6.38. The molecule has 11 aliphatic rings. The molecule has 11 aliphatic heterocycles. The van der Waals surface area contributed by atoms with Crippen LogP contribution in [0.25, 0.3) is 0 Å². The van der Waals surface area contributed by atoms with Gasteiger partial charge in [-0.3, -0.25) is 5.23 Å². The molecule has 0 amide bonds. The molecule has 11 fully saturated rings. The van der Waals surface area contributed by atoms with E-state index in [0.717, 1.165) is 0 Å². The highest BCUT2D eigenvalue weighted by Gasteiger charge is 2.71. The lowest BCUT2D eigenvalue weighted by Crippen LogP contribution is -2.69. The van der Waals surface area contributed by atoms with Gasteiger partial charge in [0.1, 0.15) is 104 Å². The number of aromatic hydroxyl groups is 1. The molecule has 35 unspecified atom stereocenters. The molecule has 11 heterocycles. The molecule has 582 valence electrons. The van der Waals surface area contributed by atoms with E-state index in [1.54, 1.807) is 41.5 Å². The second-order valence-corrected chi connectivity index (χ2v) is 28.9. The smallest absolute Gasteiger partial charge is 0.339 e. The third kappa shape index (κ3) is 14.7. The van der Waals surface area contributed by atoms with Gasteiger partial charge in [0.15, 0.2) is 55.7 Å². The van der Waals surface area contributed by atoms with E-state index in [9.17, 15) is 40.7 Å². The summed E-state index contributed by atoms with van der Waals surface area (Å²) in [6.07, 6.45) is -33.5. The summed E-state index contributed by atoms with van der Waals surface area (Å²) in [4.78, 5) is 14.2. The van der Waals surface area contributed by atoms with Gasteiger partial charge in [-0.2, -0.15) is 0 Å². The Labute approximate surface area is 599 Å². The number of carbonyl (C=O) groups excluding carboxylic acids is 1. The van der Waals surface area contributed by atoms with Crippen LogP contribution in [0.15, 0.2) is 0 Å². The predicted octanol–water partition coefficient (Wildman–Crippen LogP) is 1.59. The number of rotatable bonds is 21. The largest absolute Gasteiger partial charge is 0.762 e. The molecule has 35 nitrogen and oxygen atoms in total. The maximum atomic E-state index is 14.2. The molecule has 37 heteroatoms. The molecule has 6 N–H and O–H groups in total. The maximum absolute atomic E-state index is 14.2. The minimum absolute atomic E-state index is 0.00121. The van der Waals surface area contributed by atoms with Crippen molar-refractivity contribution in [2.75, 3.05) is 69.3 Å². The van der Waals surface area contributed by atoms with Crippen molar-refractivity contribution in [2.24, 2.45) is 0 Å². The van der Waals surface area contributed by atoms with Crippen molar-refractivity contribution in [3.05, 3.63) is 31.9 Å². The Morgan fingerprint density at radius 1 is 0.637 bits per heavy atom. The zero-order valence-corrected chi connectivity index (χ0v) is 60.9. The molecule has 0 aliphatic carbocycles. The second kappa shape index (κ2) is 31.6. The molecular formula is C65H98Cl2NO34-. The summed E-state index contributed by atoms with van der Waals surface area (Å²) in [6.45, 7) is 13.9. The van der Waals surface area contributed by atoms with Crippen molar-refractivity contribution in [3.63, 3.8) is 0 Å². The number of benzene rings is 1. The fourth-order valence-electron chi connectivity index (χ4n) is 16.2. The summed E-state index contributed by atoms with van der Waals surface area (Å²) >= 11 is 12.8. The topological polar surface area (TPSA) is 405 Å². The molecule has 12 rings (SSSR count). The van der Waals surface area contributed by atoms with E-state index in [0.29, 0.717) is 0 Å². The Morgan fingerprint density at radius 3 is 1.95 bits per heavy atom. The first kappa shape index (κ1) is 79.3. The number of hydroxylamine groups is 2. The van der Waals surface area contributed by atoms with Crippen LogP contribution in [0.4, 0.5) is 0 Å². The van der Waals surface area contributed by atoms with Crippen LogP contribution in [-0.2, 0) is 123 Å². The van der Waals surface area contributed by atoms with Crippen LogP contribution in [0.3, 0.4) is 0 Å². The van der Waals surface area contributed by atoms with E-state index >= 15 is 0 Å². The average Bonchev–Trinajstić information content (AvgIpc) is 1.54. The fraction of sp³-hybridized carbons (Fsp3) is 0.892. The molecule has 1 aromatic carbocycles. The predicted molar refractivity (Wildman–Crippen MR) is 338 cm³/mol. The number of carbonyl (C=O) groups is 1. The van der Waals surface area contributed by atoms with Gasteiger partial charge < -0.3 is 159 Å². The first-order chi connectivity index (χ1) is 48.4. The number of ether oxygens (including phenoxy) is 26. The van der Waals surface area contributed by atoms with Gasteiger partial charge in [-0.15, -0.1) is 0 Å². The van der Waals surface area contributed by atoms with E-state index in [2.05, 4.69) is 0 Å². The van der Waals surface area contributed by atoms with Gasteiger partial charge in [0, 0.05) is 61.9 Å². The van der Waals surface area contributed by atoms with Crippen molar-refractivity contribution in [2.45, 2.75) is 301 Å². The molecular weight excluding hydrogens is 1410 g/mol. The molecule has 0 aromatic heterocycles. The van der Waals surface area contributed by atoms with Gasteiger partial charge in [0.05, 0.1) is 96.2 Å². The second-order valence-electron chi connectivity index (χ2n) is 28.2. The lowest BCUT2D eigenvalue weighted by atomic mass is 9.85.